The van der Waals surface area contributed by atoms with Crippen LogP contribution in [0.5, 0.6) is 11.5 Å². The first-order valence-corrected chi connectivity index (χ1v) is 15.0. The van der Waals surface area contributed by atoms with Crippen molar-refractivity contribution in [2.24, 2.45) is 0 Å². The zero-order valence-corrected chi connectivity index (χ0v) is 25.9. The maximum Gasteiger partial charge on any atom is 0.336 e. The number of carboxylic acid groups (broad SMARTS) is 1. The summed E-state index contributed by atoms with van der Waals surface area (Å²) < 4.78 is 15.2. The van der Waals surface area contributed by atoms with Crippen LogP contribution in [-0.4, -0.2) is 44.4 Å². The van der Waals surface area contributed by atoms with Crippen molar-refractivity contribution in [2.75, 3.05) is 14.2 Å². The Balaban J connectivity index is 1.32. The molecule has 2 aromatic heterocycles. The number of methoxy groups -OCH3 is 2. The number of carbonyl (C=O) groups is 1. The minimum Gasteiger partial charge on any atom is -0.497 e. The topological polar surface area (TPSA) is 91.4 Å². The maximum absolute atomic E-state index is 11.8. The SMILES string of the molecule is CCCc1nc2c(C)cc(-c3cn(Cc4cc(OC)cc(OC)c4)cn3)cc2n1Cc1ccc(-c2ccccc2C(=O)O)cc1. The highest BCUT2D eigenvalue weighted by molar-refractivity contribution is 5.96. The Morgan fingerprint density at radius 1 is 0.867 bits per heavy atom. The second kappa shape index (κ2) is 12.7. The fraction of sp³-hybridized carbons (Fsp3) is 0.216. The second-order valence-electron chi connectivity index (χ2n) is 11.2. The molecule has 0 radical (unpaired) electrons. The summed E-state index contributed by atoms with van der Waals surface area (Å²) in [5, 5.41) is 9.64. The van der Waals surface area contributed by atoms with E-state index in [1.54, 1.807) is 26.4 Å². The molecule has 8 nitrogen and oxygen atoms in total. The molecule has 1 N–H and O–H groups in total. The van der Waals surface area contributed by atoms with Crippen LogP contribution in [0.25, 0.3) is 33.4 Å². The minimum atomic E-state index is -0.930. The summed E-state index contributed by atoms with van der Waals surface area (Å²) in [7, 11) is 3.30. The van der Waals surface area contributed by atoms with E-state index in [9.17, 15) is 9.90 Å². The Morgan fingerprint density at radius 3 is 2.29 bits per heavy atom. The molecule has 0 aliphatic heterocycles. The predicted octanol–water partition coefficient (Wildman–Crippen LogP) is 7.64. The average Bonchev–Trinajstić information content (AvgIpc) is 3.66. The highest BCUT2D eigenvalue weighted by Crippen LogP contribution is 2.30. The largest absolute Gasteiger partial charge is 0.497 e. The summed E-state index contributed by atoms with van der Waals surface area (Å²) in [6, 6.07) is 25.5. The number of aryl methyl sites for hydroxylation is 2. The van der Waals surface area contributed by atoms with Crippen molar-refractivity contribution < 1.29 is 19.4 Å². The van der Waals surface area contributed by atoms with Crippen LogP contribution < -0.4 is 9.47 Å². The van der Waals surface area contributed by atoms with E-state index in [-0.39, 0.29) is 0 Å². The Bertz CT molecular complexity index is 1970. The Labute approximate surface area is 262 Å². The Morgan fingerprint density at radius 2 is 1.60 bits per heavy atom. The number of hydrogen-bond acceptors (Lipinski definition) is 5. The molecule has 6 aromatic rings. The van der Waals surface area contributed by atoms with E-state index in [4.69, 9.17) is 19.4 Å². The number of imidazole rings is 2. The molecule has 0 fully saturated rings. The fourth-order valence-electron chi connectivity index (χ4n) is 5.84. The highest BCUT2D eigenvalue weighted by Gasteiger charge is 2.16. The quantitative estimate of drug-likeness (QED) is 0.164. The van der Waals surface area contributed by atoms with E-state index in [1.807, 2.05) is 48.8 Å². The van der Waals surface area contributed by atoms with Gasteiger partial charge in [0.2, 0.25) is 0 Å². The standard InChI is InChI=1S/C37H36N4O4/c1-5-8-35-39-36-24(2)15-28(33-22-40(23-38-33)20-26-16-29(44-3)19-30(17-26)45-4)18-34(36)41(35)21-25-11-13-27(14-12-25)31-9-6-7-10-32(31)37(42)43/h6-7,9-19,22-23H,5,8,20-21H2,1-4H3,(H,42,43). The van der Waals surface area contributed by atoms with Gasteiger partial charge in [-0.25, -0.2) is 14.8 Å². The first-order valence-electron chi connectivity index (χ1n) is 15.0. The Kier molecular flexibility index (Phi) is 8.38. The first kappa shape index (κ1) is 29.7. The van der Waals surface area contributed by atoms with Gasteiger partial charge in [0.05, 0.1) is 42.8 Å². The summed E-state index contributed by atoms with van der Waals surface area (Å²) in [6.45, 7) is 5.56. The molecule has 2 heterocycles. The lowest BCUT2D eigenvalue weighted by Crippen LogP contribution is -2.05. The van der Waals surface area contributed by atoms with Crippen molar-refractivity contribution in [3.8, 4) is 33.9 Å². The van der Waals surface area contributed by atoms with Gasteiger partial charge in [-0.15, -0.1) is 0 Å². The molecule has 4 aromatic carbocycles. The van der Waals surface area contributed by atoms with Crippen molar-refractivity contribution in [1.82, 2.24) is 19.1 Å². The zero-order valence-electron chi connectivity index (χ0n) is 25.9. The van der Waals surface area contributed by atoms with Crippen molar-refractivity contribution in [3.63, 3.8) is 0 Å². The molecular formula is C37H36N4O4. The number of aromatic carboxylic acids is 1. The maximum atomic E-state index is 11.8. The number of rotatable bonds is 11. The van der Waals surface area contributed by atoms with Crippen LogP contribution in [0.15, 0.2) is 91.4 Å². The number of nitrogens with zero attached hydrogens (tertiary/aromatic N) is 4. The summed E-state index contributed by atoms with van der Waals surface area (Å²) in [5.41, 5.74) is 9.15. The highest BCUT2D eigenvalue weighted by atomic mass is 16.5. The third-order valence-corrected chi connectivity index (χ3v) is 8.07. The van der Waals surface area contributed by atoms with Gasteiger partial charge in [0, 0.05) is 37.3 Å². The average molecular weight is 601 g/mol. The van der Waals surface area contributed by atoms with Gasteiger partial charge in [0.25, 0.3) is 0 Å². The van der Waals surface area contributed by atoms with Crippen LogP contribution in [0.1, 0.15) is 46.2 Å². The number of fused-ring (bicyclic) bond motifs is 1. The van der Waals surface area contributed by atoms with Crippen LogP contribution in [0.4, 0.5) is 0 Å². The van der Waals surface area contributed by atoms with Gasteiger partial charge in [-0.1, -0.05) is 49.4 Å². The molecule has 228 valence electrons. The lowest BCUT2D eigenvalue weighted by Gasteiger charge is -2.12. The van der Waals surface area contributed by atoms with Crippen LogP contribution in [-0.2, 0) is 19.5 Å². The minimum absolute atomic E-state index is 0.296. The van der Waals surface area contributed by atoms with Crippen LogP contribution in [0.3, 0.4) is 0 Å². The van der Waals surface area contributed by atoms with E-state index < -0.39 is 5.97 Å². The van der Waals surface area contributed by atoms with Gasteiger partial charge in [0.15, 0.2) is 0 Å². The number of hydrogen-bond donors (Lipinski definition) is 1. The van der Waals surface area contributed by atoms with Crippen LogP contribution >= 0.6 is 0 Å². The van der Waals surface area contributed by atoms with Crippen molar-refractivity contribution in [1.29, 1.82) is 0 Å². The first-order chi connectivity index (χ1) is 21.9. The third-order valence-electron chi connectivity index (χ3n) is 8.07. The third kappa shape index (κ3) is 6.17. The molecule has 0 atom stereocenters. The Hall–Kier alpha value is -5.37. The molecule has 0 aliphatic rings. The van der Waals surface area contributed by atoms with Crippen LogP contribution in [0, 0.1) is 6.92 Å². The lowest BCUT2D eigenvalue weighted by molar-refractivity contribution is 0.0697. The van der Waals surface area contributed by atoms with Crippen molar-refractivity contribution >= 4 is 17.0 Å². The van der Waals surface area contributed by atoms with E-state index in [1.165, 1.54) is 0 Å². The molecule has 45 heavy (non-hydrogen) atoms. The van der Waals surface area contributed by atoms with E-state index in [0.29, 0.717) is 24.2 Å². The van der Waals surface area contributed by atoms with E-state index in [0.717, 1.165) is 74.7 Å². The molecule has 0 bridgehead atoms. The van der Waals surface area contributed by atoms with Gasteiger partial charge >= 0.3 is 5.97 Å². The van der Waals surface area contributed by atoms with E-state index >= 15 is 0 Å². The summed E-state index contributed by atoms with van der Waals surface area (Å²) >= 11 is 0. The predicted molar refractivity (Wildman–Crippen MR) is 176 cm³/mol. The molecular weight excluding hydrogens is 564 g/mol. The molecule has 8 heteroatoms. The fourth-order valence-corrected chi connectivity index (χ4v) is 5.84. The molecule has 0 amide bonds. The summed E-state index contributed by atoms with van der Waals surface area (Å²) in [4.78, 5) is 21.6. The number of ether oxygens (including phenoxy) is 2. The monoisotopic (exact) mass is 600 g/mol. The lowest BCUT2D eigenvalue weighted by atomic mass is 9.98. The van der Waals surface area contributed by atoms with Crippen molar-refractivity contribution in [2.45, 2.75) is 39.8 Å². The number of aromatic nitrogens is 4. The molecule has 0 spiro atoms. The van der Waals surface area contributed by atoms with Gasteiger partial charge < -0.3 is 23.7 Å². The normalized spacial score (nSPS) is 11.2. The van der Waals surface area contributed by atoms with Crippen LogP contribution in [0.2, 0.25) is 0 Å². The van der Waals surface area contributed by atoms with Gasteiger partial charge in [0.1, 0.15) is 17.3 Å². The second-order valence-corrected chi connectivity index (χ2v) is 11.2. The van der Waals surface area contributed by atoms with Crippen molar-refractivity contribution in [3.05, 3.63) is 119 Å². The molecule has 0 saturated heterocycles. The number of carboxylic acids is 1. The smallest absolute Gasteiger partial charge is 0.336 e. The van der Waals surface area contributed by atoms with Gasteiger partial charge in [-0.3, -0.25) is 0 Å². The summed E-state index contributed by atoms with van der Waals surface area (Å²) in [6.07, 6.45) is 5.77. The summed E-state index contributed by atoms with van der Waals surface area (Å²) in [5.74, 6) is 1.62. The van der Waals surface area contributed by atoms with Gasteiger partial charge in [-0.05, 0) is 71.5 Å². The van der Waals surface area contributed by atoms with Gasteiger partial charge in [-0.2, -0.15) is 0 Å². The molecule has 0 unspecified atom stereocenters. The zero-order chi connectivity index (χ0) is 31.5. The van der Waals surface area contributed by atoms with E-state index in [2.05, 4.69) is 53.4 Å². The molecule has 6 rings (SSSR count). The molecule has 0 saturated carbocycles. The number of benzene rings is 4. The molecule has 0 aliphatic carbocycles.